The first kappa shape index (κ1) is 21.7. The van der Waals surface area contributed by atoms with Gasteiger partial charge in [0.25, 0.3) is 5.91 Å². The first-order chi connectivity index (χ1) is 14.4. The molecule has 0 radical (unpaired) electrons. The maximum atomic E-state index is 13.2. The first-order valence-electron chi connectivity index (χ1n) is 10.3. The van der Waals surface area contributed by atoms with E-state index in [1.165, 1.54) is 0 Å². The van der Waals surface area contributed by atoms with E-state index in [9.17, 15) is 9.59 Å². The summed E-state index contributed by atoms with van der Waals surface area (Å²) in [4.78, 5) is 36.5. The summed E-state index contributed by atoms with van der Waals surface area (Å²) in [5.74, 6) is 0.855. The quantitative estimate of drug-likeness (QED) is 0.680. The minimum Gasteiger partial charge on any atom is -0.497 e. The number of nitrogens with zero attached hydrogens (tertiary/aromatic N) is 3. The summed E-state index contributed by atoms with van der Waals surface area (Å²) < 4.78 is 10.8. The van der Waals surface area contributed by atoms with E-state index in [1.807, 2.05) is 31.2 Å². The number of esters is 1. The van der Waals surface area contributed by atoms with Gasteiger partial charge in [0.15, 0.2) is 0 Å². The van der Waals surface area contributed by atoms with E-state index in [1.54, 1.807) is 31.9 Å². The van der Waals surface area contributed by atoms with Gasteiger partial charge < -0.3 is 14.4 Å². The van der Waals surface area contributed by atoms with Crippen molar-refractivity contribution >= 4 is 11.9 Å². The molecule has 1 fully saturated rings. The first-order valence-corrected chi connectivity index (χ1v) is 10.3. The second-order valence-electron chi connectivity index (χ2n) is 7.80. The fourth-order valence-corrected chi connectivity index (χ4v) is 4.13. The number of aryl methyl sites for hydroxylation is 2. The summed E-state index contributed by atoms with van der Waals surface area (Å²) in [5, 5.41) is 0. The zero-order valence-corrected chi connectivity index (χ0v) is 18.1. The van der Waals surface area contributed by atoms with Crippen LogP contribution in [0.1, 0.15) is 47.3 Å². The Kier molecular flexibility index (Phi) is 6.70. The third-order valence-electron chi connectivity index (χ3n) is 5.43. The average molecular weight is 412 g/mol. The van der Waals surface area contributed by atoms with Crippen molar-refractivity contribution in [2.24, 2.45) is 5.41 Å². The molecule has 1 saturated heterocycles. The van der Waals surface area contributed by atoms with Gasteiger partial charge in [-0.3, -0.25) is 9.59 Å². The number of carbonyl (C=O) groups is 2. The number of methoxy groups -OCH3 is 1. The third kappa shape index (κ3) is 4.78. The van der Waals surface area contributed by atoms with Gasteiger partial charge >= 0.3 is 5.97 Å². The molecule has 7 heteroatoms. The van der Waals surface area contributed by atoms with Gasteiger partial charge in [0.1, 0.15) is 17.3 Å². The molecule has 2 aromatic rings. The van der Waals surface area contributed by atoms with Crippen LogP contribution in [0, 0.1) is 19.3 Å². The van der Waals surface area contributed by atoms with Crippen molar-refractivity contribution in [2.45, 2.75) is 40.0 Å². The van der Waals surface area contributed by atoms with E-state index in [0.29, 0.717) is 44.1 Å². The molecule has 30 heavy (non-hydrogen) atoms. The second-order valence-corrected chi connectivity index (χ2v) is 7.80. The zero-order chi connectivity index (χ0) is 21.7. The minimum atomic E-state index is -0.798. The Bertz CT molecular complexity index is 910. The maximum absolute atomic E-state index is 13.2. The standard InChI is InChI=1S/C23H29N3O4/c1-5-30-22(28)23(14-18-8-6-9-19(13-18)29-4)10-7-11-26(15-23)21(27)20-12-16(2)24-17(3)25-20/h6,8-9,12-13H,5,7,10-11,14-15H2,1-4H3. The number of piperidine rings is 1. The number of rotatable bonds is 6. The van der Waals surface area contributed by atoms with Crippen molar-refractivity contribution in [3.8, 4) is 5.75 Å². The lowest BCUT2D eigenvalue weighted by Crippen LogP contribution is -2.51. The Balaban J connectivity index is 1.90. The molecule has 0 aliphatic carbocycles. The molecule has 1 aromatic heterocycles. The molecule has 3 rings (SSSR count). The number of ether oxygens (including phenoxy) is 2. The number of hydrogen-bond donors (Lipinski definition) is 0. The molecule has 1 amide bonds. The largest absolute Gasteiger partial charge is 0.497 e. The molecule has 160 valence electrons. The molecular formula is C23H29N3O4. The van der Waals surface area contributed by atoms with Gasteiger partial charge in [0.2, 0.25) is 0 Å². The lowest BCUT2D eigenvalue weighted by atomic mass is 9.75. The molecule has 7 nitrogen and oxygen atoms in total. The van der Waals surface area contributed by atoms with E-state index < -0.39 is 5.41 Å². The fourth-order valence-electron chi connectivity index (χ4n) is 4.13. The Hall–Kier alpha value is -2.96. The highest BCUT2D eigenvalue weighted by Gasteiger charge is 2.45. The second kappa shape index (κ2) is 9.24. The Labute approximate surface area is 177 Å². The van der Waals surface area contributed by atoms with Crippen LogP contribution in [-0.4, -0.2) is 53.6 Å². The monoisotopic (exact) mass is 411 g/mol. The number of benzene rings is 1. The van der Waals surface area contributed by atoms with Crippen LogP contribution in [0.3, 0.4) is 0 Å². The van der Waals surface area contributed by atoms with Gasteiger partial charge in [-0.1, -0.05) is 12.1 Å². The number of hydrogen-bond acceptors (Lipinski definition) is 6. The lowest BCUT2D eigenvalue weighted by molar-refractivity contribution is -0.158. The normalized spacial score (nSPS) is 18.7. The van der Waals surface area contributed by atoms with E-state index in [4.69, 9.17) is 9.47 Å². The zero-order valence-electron chi connectivity index (χ0n) is 18.1. The fraction of sp³-hybridized carbons (Fsp3) is 0.478. The van der Waals surface area contributed by atoms with Gasteiger partial charge in [-0.15, -0.1) is 0 Å². The van der Waals surface area contributed by atoms with Crippen LogP contribution in [0.15, 0.2) is 30.3 Å². The van der Waals surface area contributed by atoms with Crippen molar-refractivity contribution in [2.75, 3.05) is 26.8 Å². The van der Waals surface area contributed by atoms with E-state index in [0.717, 1.165) is 23.4 Å². The summed E-state index contributed by atoms with van der Waals surface area (Å²) in [6.07, 6.45) is 1.86. The molecule has 1 unspecified atom stereocenters. The van der Waals surface area contributed by atoms with Crippen LogP contribution in [0.2, 0.25) is 0 Å². The number of carbonyl (C=O) groups excluding carboxylic acids is 2. The molecule has 0 spiro atoms. The van der Waals surface area contributed by atoms with E-state index in [-0.39, 0.29) is 11.9 Å². The molecule has 0 bridgehead atoms. The van der Waals surface area contributed by atoms with Gasteiger partial charge in [0.05, 0.1) is 19.1 Å². The Morgan fingerprint density at radius 3 is 2.70 bits per heavy atom. The highest BCUT2D eigenvalue weighted by molar-refractivity contribution is 5.93. The number of amides is 1. The van der Waals surface area contributed by atoms with Gasteiger partial charge in [-0.05, 0) is 63.8 Å². The molecule has 1 aromatic carbocycles. The van der Waals surface area contributed by atoms with Crippen molar-refractivity contribution in [1.82, 2.24) is 14.9 Å². The topological polar surface area (TPSA) is 81.6 Å². The average Bonchev–Trinajstić information content (AvgIpc) is 2.73. The van der Waals surface area contributed by atoms with E-state index in [2.05, 4.69) is 9.97 Å². The number of likely N-dealkylation sites (tertiary alicyclic amines) is 1. The molecule has 0 N–H and O–H groups in total. The van der Waals surface area contributed by atoms with Crippen molar-refractivity contribution in [1.29, 1.82) is 0 Å². The smallest absolute Gasteiger partial charge is 0.314 e. The predicted molar refractivity (Wildman–Crippen MR) is 112 cm³/mol. The van der Waals surface area contributed by atoms with Crippen LogP contribution in [-0.2, 0) is 16.0 Å². The van der Waals surface area contributed by atoms with Crippen LogP contribution in [0.25, 0.3) is 0 Å². The number of aromatic nitrogens is 2. The molecule has 1 aliphatic rings. The lowest BCUT2D eigenvalue weighted by Gasteiger charge is -2.41. The van der Waals surface area contributed by atoms with Crippen LogP contribution in [0.5, 0.6) is 5.75 Å². The Morgan fingerprint density at radius 1 is 1.20 bits per heavy atom. The molecule has 0 saturated carbocycles. The van der Waals surface area contributed by atoms with Crippen molar-refractivity contribution in [3.05, 3.63) is 53.1 Å². The maximum Gasteiger partial charge on any atom is 0.314 e. The third-order valence-corrected chi connectivity index (χ3v) is 5.43. The van der Waals surface area contributed by atoms with Crippen molar-refractivity contribution in [3.63, 3.8) is 0 Å². The van der Waals surface area contributed by atoms with Crippen LogP contribution in [0.4, 0.5) is 0 Å². The predicted octanol–water partition coefficient (Wildman–Crippen LogP) is 3.13. The summed E-state index contributed by atoms with van der Waals surface area (Å²) in [5.41, 5.74) is 1.29. The highest BCUT2D eigenvalue weighted by atomic mass is 16.5. The van der Waals surface area contributed by atoms with Gasteiger partial charge in [-0.2, -0.15) is 0 Å². The SMILES string of the molecule is CCOC(=O)C1(Cc2cccc(OC)c2)CCCN(C(=O)c2cc(C)nc(C)n2)C1. The molecular weight excluding hydrogens is 382 g/mol. The molecule has 1 atom stereocenters. The van der Waals surface area contributed by atoms with Gasteiger partial charge in [0, 0.05) is 18.8 Å². The highest BCUT2D eigenvalue weighted by Crippen LogP contribution is 2.36. The summed E-state index contributed by atoms with van der Waals surface area (Å²) >= 11 is 0. The van der Waals surface area contributed by atoms with Gasteiger partial charge in [-0.25, -0.2) is 9.97 Å². The van der Waals surface area contributed by atoms with Crippen molar-refractivity contribution < 1.29 is 19.1 Å². The van der Waals surface area contributed by atoms with Crippen LogP contribution < -0.4 is 4.74 Å². The molecule has 1 aliphatic heterocycles. The van der Waals surface area contributed by atoms with Crippen LogP contribution >= 0.6 is 0 Å². The summed E-state index contributed by atoms with van der Waals surface area (Å²) in [6, 6.07) is 9.38. The minimum absolute atomic E-state index is 0.178. The molecule has 2 heterocycles. The Morgan fingerprint density at radius 2 is 2.00 bits per heavy atom. The van der Waals surface area contributed by atoms with E-state index >= 15 is 0 Å². The summed E-state index contributed by atoms with van der Waals surface area (Å²) in [7, 11) is 1.62. The summed E-state index contributed by atoms with van der Waals surface area (Å²) in [6.45, 7) is 6.59.